The van der Waals surface area contributed by atoms with Gasteiger partial charge in [0.05, 0.1) is 18.3 Å². The SMILES string of the molecule is COc1ccccc1NC(=O)c1ccc(NC(=O)CCc2c(C)nc3c4ccccc4nn3c2C)cc1. The summed E-state index contributed by atoms with van der Waals surface area (Å²) in [4.78, 5) is 30.1. The van der Waals surface area contributed by atoms with Crippen molar-refractivity contribution in [2.24, 2.45) is 0 Å². The number of aryl methyl sites for hydroxylation is 2. The Kier molecular flexibility index (Phi) is 6.55. The first-order valence-corrected chi connectivity index (χ1v) is 12.0. The molecule has 0 saturated heterocycles. The number of hydrogen-bond donors (Lipinski definition) is 2. The van der Waals surface area contributed by atoms with Gasteiger partial charge in [-0.3, -0.25) is 9.59 Å². The zero-order valence-electron chi connectivity index (χ0n) is 20.9. The summed E-state index contributed by atoms with van der Waals surface area (Å²) in [7, 11) is 1.55. The van der Waals surface area contributed by atoms with Gasteiger partial charge in [0.1, 0.15) is 5.75 Å². The third-order valence-corrected chi connectivity index (χ3v) is 6.41. The normalized spacial score (nSPS) is 11.0. The highest BCUT2D eigenvalue weighted by molar-refractivity contribution is 6.05. The standard InChI is InChI=1S/C29H27N5O3/c1-18-22(19(2)34-28(30-18)23-8-4-5-9-24(23)33-34)16-17-27(35)31-21-14-12-20(13-15-21)29(36)32-25-10-6-7-11-26(25)37-3/h4-15H,16-17H2,1-3H3,(H,31,35)(H,32,36). The Balaban J connectivity index is 1.23. The van der Waals surface area contributed by atoms with Gasteiger partial charge >= 0.3 is 0 Å². The molecule has 37 heavy (non-hydrogen) atoms. The van der Waals surface area contributed by atoms with Gasteiger partial charge in [-0.2, -0.15) is 5.10 Å². The first kappa shape index (κ1) is 24.0. The number of methoxy groups -OCH3 is 1. The molecule has 0 atom stereocenters. The van der Waals surface area contributed by atoms with Crippen molar-refractivity contribution in [3.63, 3.8) is 0 Å². The van der Waals surface area contributed by atoms with E-state index < -0.39 is 0 Å². The Morgan fingerprint density at radius 2 is 1.65 bits per heavy atom. The van der Waals surface area contributed by atoms with Crippen LogP contribution in [0.2, 0.25) is 0 Å². The monoisotopic (exact) mass is 493 g/mol. The predicted octanol–water partition coefficient (Wildman–Crippen LogP) is 5.33. The summed E-state index contributed by atoms with van der Waals surface area (Å²) < 4.78 is 7.14. The predicted molar refractivity (Wildman–Crippen MR) is 144 cm³/mol. The van der Waals surface area contributed by atoms with Gasteiger partial charge in [0.2, 0.25) is 5.91 Å². The van der Waals surface area contributed by atoms with Crippen LogP contribution in [-0.2, 0) is 11.2 Å². The molecule has 0 fully saturated rings. The van der Waals surface area contributed by atoms with Crippen LogP contribution in [0.5, 0.6) is 5.75 Å². The number of carbonyl (C=O) groups excluding carboxylic acids is 2. The summed E-state index contributed by atoms with van der Waals surface area (Å²) in [6.45, 7) is 3.98. The minimum absolute atomic E-state index is 0.115. The van der Waals surface area contributed by atoms with Crippen molar-refractivity contribution in [2.45, 2.75) is 26.7 Å². The molecule has 186 valence electrons. The molecule has 0 bridgehead atoms. The molecule has 0 saturated carbocycles. The molecule has 2 N–H and O–H groups in total. The van der Waals surface area contributed by atoms with Gasteiger partial charge in [-0.1, -0.05) is 24.3 Å². The number of rotatable bonds is 7. The number of anilines is 2. The lowest BCUT2D eigenvalue weighted by Crippen LogP contribution is -2.15. The molecule has 5 rings (SSSR count). The van der Waals surface area contributed by atoms with Crippen LogP contribution < -0.4 is 15.4 Å². The number of carbonyl (C=O) groups is 2. The summed E-state index contributed by atoms with van der Waals surface area (Å²) >= 11 is 0. The van der Waals surface area contributed by atoms with Crippen LogP contribution >= 0.6 is 0 Å². The lowest BCUT2D eigenvalue weighted by molar-refractivity contribution is -0.116. The van der Waals surface area contributed by atoms with E-state index in [-0.39, 0.29) is 11.8 Å². The van der Waals surface area contributed by atoms with E-state index in [1.54, 1.807) is 43.5 Å². The van der Waals surface area contributed by atoms with Gasteiger partial charge in [0.25, 0.3) is 5.91 Å². The van der Waals surface area contributed by atoms with Crippen LogP contribution in [0.15, 0.2) is 72.8 Å². The molecule has 8 heteroatoms. The molecule has 0 aliphatic carbocycles. The van der Waals surface area contributed by atoms with Crippen molar-refractivity contribution < 1.29 is 14.3 Å². The average molecular weight is 494 g/mol. The van der Waals surface area contributed by atoms with Gasteiger partial charge in [-0.25, -0.2) is 9.50 Å². The molecule has 0 radical (unpaired) electrons. The van der Waals surface area contributed by atoms with E-state index in [0.717, 1.165) is 33.5 Å². The number of aromatic nitrogens is 3. The molecule has 0 aliphatic heterocycles. The first-order chi connectivity index (χ1) is 17.9. The number of nitrogens with zero attached hydrogens (tertiary/aromatic N) is 3. The maximum Gasteiger partial charge on any atom is 0.255 e. The van der Waals surface area contributed by atoms with Crippen molar-refractivity contribution in [1.29, 1.82) is 0 Å². The topological polar surface area (TPSA) is 97.6 Å². The van der Waals surface area contributed by atoms with Crippen molar-refractivity contribution in [1.82, 2.24) is 14.6 Å². The molecule has 3 aromatic carbocycles. The number of amides is 2. The van der Waals surface area contributed by atoms with Gasteiger partial charge in [0.15, 0.2) is 5.65 Å². The van der Waals surface area contributed by atoms with Crippen LogP contribution in [0.3, 0.4) is 0 Å². The molecule has 0 spiro atoms. The average Bonchev–Trinajstić information content (AvgIpc) is 3.28. The van der Waals surface area contributed by atoms with E-state index in [0.29, 0.717) is 35.5 Å². The highest BCUT2D eigenvalue weighted by Gasteiger charge is 2.15. The fraction of sp³-hybridized carbons (Fsp3) is 0.172. The van der Waals surface area contributed by atoms with Gasteiger partial charge < -0.3 is 15.4 Å². The van der Waals surface area contributed by atoms with E-state index >= 15 is 0 Å². The second kappa shape index (κ2) is 10.1. The summed E-state index contributed by atoms with van der Waals surface area (Å²) in [5.41, 5.74) is 6.31. The summed E-state index contributed by atoms with van der Waals surface area (Å²) in [5.74, 6) is 0.207. The Morgan fingerprint density at radius 1 is 0.919 bits per heavy atom. The van der Waals surface area contributed by atoms with Crippen molar-refractivity contribution >= 4 is 39.7 Å². The van der Waals surface area contributed by atoms with Crippen molar-refractivity contribution in [3.8, 4) is 5.75 Å². The maximum absolute atomic E-state index is 12.7. The lowest BCUT2D eigenvalue weighted by Gasteiger charge is -2.12. The minimum atomic E-state index is -0.262. The zero-order valence-corrected chi connectivity index (χ0v) is 20.9. The van der Waals surface area contributed by atoms with Crippen LogP contribution in [0.4, 0.5) is 11.4 Å². The smallest absolute Gasteiger partial charge is 0.255 e. The fourth-order valence-electron chi connectivity index (χ4n) is 4.45. The number of ether oxygens (including phenoxy) is 1. The van der Waals surface area contributed by atoms with Crippen LogP contribution in [0.25, 0.3) is 16.6 Å². The second-order valence-electron chi connectivity index (χ2n) is 8.79. The fourth-order valence-corrected chi connectivity index (χ4v) is 4.45. The van der Waals surface area contributed by atoms with Crippen LogP contribution in [0, 0.1) is 13.8 Å². The molecule has 0 aliphatic rings. The van der Waals surface area contributed by atoms with E-state index in [1.165, 1.54) is 0 Å². The third kappa shape index (κ3) is 4.86. The number of fused-ring (bicyclic) bond motifs is 3. The number of nitrogens with one attached hydrogen (secondary N) is 2. The van der Waals surface area contributed by atoms with Crippen LogP contribution in [0.1, 0.15) is 33.7 Å². The molecule has 8 nitrogen and oxygen atoms in total. The maximum atomic E-state index is 12.7. The molecular formula is C29H27N5O3. The lowest BCUT2D eigenvalue weighted by atomic mass is 10.1. The second-order valence-corrected chi connectivity index (χ2v) is 8.79. The van der Waals surface area contributed by atoms with Gasteiger partial charge in [0, 0.05) is 34.4 Å². The van der Waals surface area contributed by atoms with Crippen molar-refractivity contribution in [2.75, 3.05) is 17.7 Å². The van der Waals surface area contributed by atoms with E-state index in [2.05, 4.69) is 15.7 Å². The quantitative estimate of drug-likeness (QED) is 0.319. The highest BCUT2D eigenvalue weighted by atomic mass is 16.5. The summed E-state index contributed by atoms with van der Waals surface area (Å²) in [5, 5.41) is 11.4. The largest absolute Gasteiger partial charge is 0.495 e. The highest BCUT2D eigenvalue weighted by Crippen LogP contribution is 2.25. The Morgan fingerprint density at radius 3 is 2.43 bits per heavy atom. The Bertz CT molecular complexity index is 1620. The van der Waals surface area contributed by atoms with Gasteiger partial charge in [-0.15, -0.1) is 0 Å². The molecular weight excluding hydrogens is 466 g/mol. The molecule has 2 heterocycles. The number of hydrogen-bond acceptors (Lipinski definition) is 5. The summed E-state index contributed by atoms with van der Waals surface area (Å²) in [6, 6.07) is 21.9. The van der Waals surface area contributed by atoms with E-state index in [1.807, 2.05) is 54.8 Å². The van der Waals surface area contributed by atoms with E-state index in [9.17, 15) is 9.59 Å². The summed E-state index contributed by atoms with van der Waals surface area (Å²) in [6.07, 6.45) is 0.841. The van der Waals surface area contributed by atoms with E-state index in [4.69, 9.17) is 9.72 Å². The van der Waals surface area contributed by atoms with Gasteiger partial charge in [-0.05, 0) is 74.4 Å². The molecule has 5 aromatic rings. The van der Waals surface area contributed by atoms with Crippen molar-refractivity contribution in [3.05, 3.63) is 95.3 Å². The zero-order chi connectivity index (χ0) is 25.9. The minimum Gasteiger partial charge on any atom is -0.495 e. The Labute approximate surface area is 214 Å². The van der Waals surface area contributed by atoms with Crippen LogP contribution in [-0.4, -0.2) is 33.5 Å². The first-order valence-electron chi connectivity index (χ1n) is 12.0. The Hall–Kier alpha value is -4.72. The number of para-hydroxylation sites is 2. The molecule has 2 amide bonds. The molecule has 2 aromatic heterocycles. The third-order valence-electron chi connectivity index (χ3n) is 6.41. The molecule has 0 unspecified atom stereocenters. The number of benzene rings is 3.